The fourth-order valence-electron chi connectivity index (χ4n) is 5.29. The Balaban J connectivity index is 2.13. The predicted molar refractivity (Wildman–Crippen MR) is 142 cm³/mol. The van der Waals surface area contributed by atoms with E-state index in [1.165, 1.54) is 19.1 Å². The summed E-state index contributed by atoms with van der Waals surface area (Å²) in [5.74, 6) is 0.829. The number of amides is 1. The number of carbonyl (C=O) groups excluding carboxylic acids is 1. The van der Waals surface area contributed by atoms with Crippen LogP contribution < -0.4 is 14.4 Å². The highest BCUT2D eigenvalue weighted by molar-refractivity contribution is 5.71. The van der Waals surface area contributed by atoms with Crippen LogP contribution in [0.3, 0.4) is 0 Å². The van der Waals surface area contributed by atoms with Gasteiger partial charge in [0.15, 0.2) is 11.5 Å². The van der Waals surface area contributed by atoms with Crippen LogP contribution in [0.25, 0.3) is 0 Å². The Morgan fingerprint density at radius 3 is 2.00 bits per heavy atom. The van der Waals surface area contributed by atoms with E-state index in [0.29, 0.717) is 35.6 Å². The van der Waals surface area contributed by atoms with Crippen molar-refractivity contribution in [2.75, 3.05) is 32.8 Å². The largest absolute Gasteiger partial charge is 0.493 e. The molecule has 1 amide bonds. The van der Waals surface area contributed by atoms with E-state index < -0.39 is 42.2 Å². The van der Waals surface area contributed by atoms with Crippen molar-refractivity contribution in [3.05, 3.63) is 52.6 Å². The Hall–Kier alpha value is -3.31. The Kier molecular flexibility index (Phi) is 10.3. The zero-order chi connectivity index (χ0) is 30.5. The molecule has 0 N–H and O–H groups in total. The smallest absolute Gasteiger partial charge is 0.416 e. The molecule has 0 saturated carbocycles. The van der Waals surface area contributed by atoms with Crippen LogP contribution >= 0.6 is 0 Å². The van der Waals surface area contributed by atoms with Gasteiger partial charge in [0, 0.05) is 36.4 Å². The summed E-state index contributed by atoms with van der Waals surface area (Å²) in [6, 6.07) is 3.97. The number of carbonyl (C=O) groups is 1. The van der Waals surface area contributed by atoms with Gasteiger partial charge < -0.3 is 19.1 Å². The van der Waals surface area contributed by atoms with Gasteiger partial charge in [-0.1, -0.05) is 26.2 Å². The van der Waals surface area contributed by atoms with E-state index in [1.807, 2.05) is 6.92 Å². The summed E-state index contributed by atoms with van der Waals surface area (Å²) in [5.41, 5.74) is -1.85. The van der Waals surface area contributed by atoms with Gasteiger partial charge in [0.05, 0.1) is 38.5 Å². The van der Waals surface area contributed by atoms with E-state index in [9.17, 15) is 31.1 Å². The Labute approximate surface area is 236 Å². The number of fused-ring (bicyclic) bond motifs is 1. The molecule has 6 nitrogen and oxygen atoms in total. The van der Waals surface area contributed by atoms with Crippen LogP contribution in [0.2, 0.25) is 0 Å². The summed E-state index contributed by atoms with van der Waals surface area (Å²) in [7, 11) is 4.06. The molecule has 0 radical (unpaired) electrons. The molecule has 0 fully saturated rings. The average Bonchev–Trinajstić information content (AvgIpc) is 2.92. The molecule has 1 aliphatic rings. The second-order valence-corrected chi connectivity index (χ2v) is 10.1. The van der Waals surface area contributed by atoms with Gasteiger partial charge in [0.2, 0.25) is 0 Å². The molecular formula is C29H36F6N2O4. The zero-order valence-electron chi connectivity index (χ0n) is 23.8. The number of anilines is 1. The number of hydrogen-bond acceptors (Lipinski definition) is 5. The second-order valence-electron chi connectivity index (χ2n) is 10.1. The third-order valence-corrected chi connectivity index (χ3v) is 7.34. The van der Waals surface area contributed by atoms with E-state index >= 15 is 0 Å². The molecule has 1 aliphatic heterocycles. The number of ether oxygens (including phenoxy) is 3. The summed E-state index contributed by atoms with van der Waals surface area (Å²) in [6.07, 6.45) is -6.46. The van der Waals surface area contributed by atoms with Crippen molar-refractivity contribution in [1.82, 2.24) is 4.90 Å². The highest BCUT2D eigenvalue weighted by atomic mass is 19.4. The average molecular weight is 591 g/mol. The van der Waals surface area contributed by atoms with E-state index in [4.69, 9.17) is 14.2 Å². The third kappa shape index (κ3) is 7.51. The minimum Gasteiger partial charge on any atom is -0.493 e. The summed E-state index contributed by atoms with van der Waals surface area (Å²) < 4.78 is 97.2. The molecule has 2 aromatic carbocycles. The summed E-state index contributed by atoms with van der Waals surface area (Å²) in [4.78, 5) is 16.4. The Morgan fingerprint density at radius 1 is 0.902 bits per heavy atom. The standard InChI is InChI=1S/C29H36F6N2O4/c1-6-7-8-9-10-36-18(2)11-23(22-15-25(39-3)26(40-4)16-24(22)36)37(27(38)41-5)17-19-12-20(28(30,31)32)14-21(13-19)29(33,34)35/h12-16,18,23H,6-11,17H2,1-5H3/t18-,23+/m1/s1. The van der Waals surface area contributed by atoms with Crippen LogP contribution in [0.1, 0.15) is 74.2 Å². The molecule has 0 aliphatic carbocycles. The molecule has 0 saturated heterocycles. The molecule has 2 atom stereocenters. The van der Waals surface area contributed by atoms with Crippen molar-refractivity contribution in [1.29, 1.82) is 0 Å². The Bertz CT molecular complexity index is 1170. The topological polar surface area (TPSA) is 51.2 Å². The summed E-state index contributed by atoms with van der Waals surface area (Å²) in [5, 5.41) is 0. The van der Waals surface area contributed by atoms with Crippen molar-refractivity contribution in [2.24, 2.45) is 0 Å². The number of methoxy groups -OCH3 is 3. The molecule has 228 valence electrons. The first kappa shape index (κ1) is 32.2. The lowest BCUT2D eigenvalue weighted by Crippen LogP contribution is -2.45. The normalized spacial score (nSPS) is 17.2. The minimum atomic E-state index is -5.01. The van der Waals surface area contributed by atoms with Gasteiger partial charge in [0.25, 0.3) is 0 Å². The molecule has 0 spiro atoms. The first-order valence-corrected chi connectivity index (χ1v) is 13.4. The van der Waals surface area contributed by atoms with Crippen LogP contribution in [0.4, 0.5) is 36.8 Å². The Morgan fingerprint density at radius 2 is 1.49 bits per heavy atom. The van der Waals surface area contributed by atoms with Gasteiger partial charge in [-0.25, -0.2) is 4.79 Å². The third-order valence-electron chi connectivity index (χ3n) is 7.34. The van der Waals surface area contributed by atoms with Crippen LogP contribution in [-0.2, 0) is 23.6 Å². The van der Waals surface area contributed by atoms with E-state index in [1.54, 1.807) is 12.1 Å². The zero-order valence-corrected chi connectivity index (χ0v) is 23.8. The van der Waals surface area contributed by atoms with Gasteiger partial charge in [-0.05, 0) is 49.6 Å². The number of alkyl halides is 6. The molecule has 0 unspecified atom stereocenters. The molecule has 12 heteroatoms. The van der Waals surface area contributed by atoms with Crippen molar-refractivity contribution in [2.45, 2.75) is 76.9 Å². The number of halogens is 6. The maximum atomic E-state index is 13.5. The molecule has 1 heterocycles. The SMILES string of the molecule is CCCCCCN1c2cc(OC)c(OC)cc2[C@@H](N(Cc2cc(C(F)(F)F)cc(C(F)(F)F)c2)C(=O)OC)C[C@H]1C. The van der Waals surface area contributed by atoms with Gasteiger partial charge in [-0.15, -0.1) is 0 Å². The fourth-order valence-corrected chi connectivity index (χ4v) is 5.29. The molecule has 41 heavy (non-hydrogen) atoms. The first-order chi connectivity index (χ1) is 19.2. The van der Waals surface area contributed by atoms with Crippen LogP contribution in [0.15, 0.2) is 30.3 Å². The van der Waals surface area contributed by atoms with Gasteiger partial charge >= 0.3 is 18.4 Å². The van der Waals surface area contributed by atoms with Crippen molar-refractivity contribution in [3.8, 4) is 11.5 Å². The first-order valence-electron chi connectivity index (χ1n) is 13.4. The van der Waals surface area contributed by atoms with Crippen molar-refractivity contribution >= 4 is 11.8 Å². The van der Waals surface area contributed by atoms with Gasteiger partial charge in [-0.3, -0.25) is 4.90 Å². The van der Waals surface area contributed by atoms with Crippen LogP contribution in [0.5, 0.6) is 11.5 Å². The number of hydrogen-bond donors (Lipinski definition) is 0. The molecular weight excluding hydrogens is 554 g/mol. The van der Waals surface area contributed by atoms with Crippen molar-refractivity contribution in [3.63, 3.8) is 0 Å². The highest BCUT2D eigenvalue weighted by Crippen LogP contribution is 2.47. The van der Waals surface area contributed by atoms with Crippen LogP contribution in [0, 0.1) is 0 Å². The summed E-state index contributed by atoms with van der Waals surface area (Å²) in [6.45, 7) is 4.26. The molecule has 0 bridgehead atoms. The van der Waals surface area contributed by atoms with E-state index in [2.05, 4.69) is 11.8 Å². The fraction of sp³-hybridized carbons (Fsp3) is 0.552. The predicted octanol–water partition coefficient (Wildman–Crippen LogP) is 8.23. The molecule has 2 aromatic rings. The highest BCUT2D eigenvalue weighted by Gasteiger charge is 2.40. The molecule has 0 aromatic heterocycles. The van der Waals surface area contributed by atoms with E-state index in [-0.39, 0.29) is 17.7 Å². The second kappa shape index (κ2) is 13.1. The van der Waals surface area contributed by atoms with Gasteiger partial charge in [-0.2, -0.15) is 26.3 Å². The monoisotopic (exact) mass is 590 g/mol. The number of benzene rings is 2. The number of nitrogens with zero attached hydrogens (tertiary/aromatic N) is 2. The quantitative estimate of drug-likeness (QED) is 0.206. The lowest BCUT2D eigenvalue weighted by atomic mass is 9.89. The molecule has 3 rings (SSSR count). The maximum Gasteiger partial charge on any atom is 0.416 e. The summed E-state index contributed by atoms with van der Waals surface area (Å²) >= 11 is 0. The number of unbranched alkanes of at least 4 members (excludes halogenated alkanes) is 3. The lowest BCUT2D eigenvalue weighted by molar-refractivity contribution is -0.143. The maximum absolute atomic E-state index is 13.5. The van der Waals surface area contributed by atoms with Gasteiger partial charge in [0.1, 0.15) is 0 Å². The van der Waals surface area contributed by atoms with E-state index in [0.717, 1.165) is 45.0 Å². The lowest BCUT2D eigenvalue weighted by Gasteiger charge is -2.44. The van der Waals surface area contributed by atoms with Crippen molar-refractivity contribution < 1.29 is 45.3 Å². The minimum absolute atomic E-state index is 0.0670. The van der Waals surface area contributed by atoms with Crippen LogP contribution in [-0.4, -0.2) is 44.9 Å². The number of rotatable bonds is 10.